The number of nitrogens with two attached hydrogens (primary N) is 2. The molecule has 4 saturated carbocycles. The van der Waals surface area contributed by atoms with E-state index in [1.807, 2.05) is 12.1 Å². The number of hydrogen-bond donors (Lipinski definition) is 2. The van der Waals surface area contributed by atoms with E-state index >= 15 is 0 Å². The van der Waals surface area contributed by atoms with Crippen LogP contribution >= 0.6 is 0 Å². The van der Waals surface area contributed by atoms with E-state index in [-0.39, 0.29) is 23.8 Å². The fraction of sp³-hybridized carbons (Fsp3) is 0.652. The molecule has 1 saturated heterocycles. The first kappa shape index (κ1) is 19.5. The zero-order valence-electron chi connectivity index (χ0n) is 17.4. The third-order valence-corrected chi connectivity index (χ3v) is 8.67. The van der Waals surface area contributed by atoms with Gasteiger partial charge in [-0.2, -0.15) is 0 Å². The summed E-state index contributed by atoms with van der Waals surface area (Å²) >= 11 is 0. The molecule has 3 amide bonds. The van der Waals surface area contributed by atoms with Gasteiger partial charge >= 0.3 is 0 Å². The first-order chi connectivity index (χ1) is 14.2. The minimum atomic E-state index is -1.25. The molecule has 0 aromatic carbocycles. The van der Waals surface area contributed by atoms with E-state index in [0.29, 0.717) is 30.7 Å². The highest BCUT2D eigenvalue weighted by molar-refractivity contribution is 6.05. The zero-order chi connectivity index (χ0) is 21.3. The summed E-state index contributed by atoms with van der Waals surface area (Å²) in [4.78, 5) is 44.7. The van der Waals surface area contributed by atoms with Gasteiger partial charge in [0.15, 0.2) is 0 Å². The van der Waals surface area contributed by atoms with Gasteiger partial charge < -0.3 is 16.4 Å². The van der Waals surface area contributed by atoms with Gasteiger partial charge in [0.05, 0.1) is 5.41 Å². The molecule has 1 aromatic heterocycles. The minimum absolute atomic E-state index is 0.00963. The molecule has 4 aliphatic carbocycles. The van der Waals surface area contributed by atoms with Crippen LogP contribution in [0.4, 0.5) is 0 Å². The van der Waals surface area contributed by atoms with E-state index in [4.69, 9.17) is 11.5 Å². The molecule has 4 bridgehead atoms. The van der Waals surface area contributed by atoms with Crippen LogP contribution in [0.3, 0.4) is 0 Å². The molecule has 1 aromatic rings. The van der Waals surface area contributed by atoms with Gasteiger partial charge in [0.1, 0.15) is 5.41 Å². The molecule has 0 radical (unpaired) electrons. The number of carbonyl (C=O) groups is 3. The van der Waals surface area contributed by atoms with Crippen LogP contribution in [-0.4, -0.2) is 33.6 Å². The van der Waals surface area contributed by atoms with Gasteiger partial charge in [-0.1, -0.05) is 6.07 Å². The monoisotopic (exact) mass is 410 g/mol. The second kappa shape index (κ2) is 6.53. The zero-order valence-corrected chi connectivity index (χ0v) is 17.4. The SMILES string of the molecule is CC1(C(N)=O)CC(C2C3CC4CC(C3)CC2(C(N)=O)C4)N(Cc2cccnc2)C1=O. The number of carbonyl (C=O) groups excluding carboxylic acids is 3. The van der Waals surface area contributed by atoms with Gasteiger partial charge in [0, 0.05) is 25.0 Å². The van der Waals surface area contributed by atoms with Gasteiger partial charge in [-0.3, -0.25) is 19.4 Å². The summed E-state index contributed by atoms with van der Waals surface area (Å²) in [5, 5.41) is 0. The highest BCUT2D eigenvalue weighted by Crippen LogP contribution is 2.65. The molecule has 5 atom stereocenters. The molecule has 0 spiro atoms. The average Bonchev–Trinajstić information content (AvgIpc) is 2.94. The van der Waals surface area contributed by atoms with Crippen LogP contribution in [0.25, 0.3) is 0 Å². The number of likely N-dealkylation sites (tertiary alicyclic amines) is 1. The van der Waals surface area contributed by atoms with Crippen LogP contribution in [0.15, 0.2) is 24.5 Å². The maximum atomic E-state index is 13.5. The molecule has 5 unspecified atom stereocenters. The number of rotatable bonds is 5. The number of nitrogens with zero attached hydrogens (tertiary/aromatic N) is 2. The predicted octanol–water partition coefficient (Wildman–Crippen LogP) is 1.60. The average molecular weight is 411 g/mol. The molecular weight excluding hydrogens is 380 g/mol. The maximum Gasteiger partial charge on any atom is 0.238 e. The Bertz CT molecular complexity index is 889. The topological polar surface area (TPSA) is 119 Å². The van der Waals surface area contributed by atoms with Crippen molar-refractivity contribution in [3.8, 4) is 0 Å². The standard InChI is InChI=1S/C23H30N4O3/c1-22(19(24)28)10-17(27(21(22)30)12-13-3-2-4-26-11-13)18-16-6-14-5-15(7-16)9-23(18,8-14)20(25)29/h2-4,11,14-18H,5-10,12H2,1H3,(H2,24,28)(H2,25,29). The summed E-state index contributed by atoms with van der Waals surface area (Å²) in [6.07, 6.45) is 8.81. The Hall–Kier alpha value is -2.44. The molecule has 1 aliphatic heterocycles. The Kier molecular flexibility index (Phi) is 4.25. The van der Waals surface area contributed by atoms with Crippen LogP contribution in [-0.2, 0) is 20.9 Å². The van der Waals surface area contributed by atoms with Gasteiger partial charge in [0.2, 0.25) is 17.7 Å². The molecule has 5 fully saturated rings. The molecule has 2 heterocycles. The number of pyridine rings is 1. The number of primary amides is 2. The Balaban J connectivity index is 1.57. The smallest absolute Gasteiger partial charge is 0.238 e. The fourth-order valence-corrected chi connectivity index (χ4v) is 7.62. The summed E-state index contributed by atoms with van der Waals surface area (Å²) in [7, 11) is 0. The molecule has 4 N–H and O–H groups in total. The lowest BCUT2D eigenvalue weighted by molar-refractivity contribution is -0.166. The van der Waals surface area contributed by atoms with Crippen molar-refractivity contribution >= 4 is 17.7 Å². The Morgan fingerprint density at radius 2 is 1.83 bits per heavy atom. The van der Waals surface area contributed by atoms with Gasteiger partial charge in [-0.15, -0.1) is 0 Å². The number of amides is 3. The summed E-state index contributed by atoms with van der Waals surface area (Å²) in [5.41, 5.74) is 10.9. The molecular formula is C23H30N4O3. The van der Waals surface area contributed by atoms with Crippen LogP contribution in [0.5, 0.6) is 0 Å². The van der Waals surface area contributed by atoms with E-state index in [0.717, 1.165) is 31.2 Å². The van der Waals surface area contributed by atoms with Crippen molar-refractivity contribution in [2.45, 2.75) is 58.0 Å². The number of hydrogen-bond acceptors (Lipinski definition) is 4. The van der Waals surface area contributed by atoms with Crippen LogP contribution in [0, 0.1) is 34.5 Å². The van der Waals surface area contributed by atoms with Crippen LogP contribution in [0.2, 0.25) is 0 Å². The van der Waals surface area contributed by atoms with Crippen LogP contribution < -0.4 is 11.5 Å². The summed E-state index contributed by atoms with van der Waals surface area (Å²) < 4.78 is 0. The predicted molar refractivity (Wildman–Crippen MR) is 109 cm³/mol. The van der Waals surface area contributed by atoms with E-state index in [2.05, 4.69) is 4.98 Å². The lowest BCUT2D eigenvalue weighted by Crippen LogP contribution is -2.62. The summed E-state index contributed by atoms with van der Waals surface area (Å²) in [6.45, 7) is 2.02. The van der Waals surface area contributed by atoms with Crippen molar-refractivity contribution in [3.63, 3.8) is 0 Å². The lowest BCUT2D eigenvalue weighted by atomic mass is 9.43. The van der Waals surface area contributed by atoms with Crippen molar-refractivity contribution in [1.82, 2.24) is 9.88 Å². The molecule has 160 valence electrons. The summed E-state index contributed by atoms with van der Waals surface area (Å²) in [6, 6.07) is 3.55. The molecule has 30 heavy (non-hydrogen) atoms. The minimum Gasteiger partial charge on any atom is -0.369 e. The number of aromatic nitrogens is 1. The van der Waals surface area contributed by atoms with E-state index in [9.17, 15) is 14.4 Å². The molecule has 5 aliphatic rings. The van der Waals surface area contributed by atoms with E-state index in [1.54, 1.807) is 24.2 Å². The molecule has 7 nitrogen and oxygen atoms in total. The highest BCUT2D eigenvalue weighted by atomic mass is 16.2. The Morgan fingerprint density at radius 1 is 1.13 bits per heavy atom. The first-order valence-electron chi connectivity index (χ1n) is 11.0. The Labute approximate surface area is 176 Å². The van der Waals surface area contributed by atoms with E-state index < -0.39 is 16.7 Å². The first-order valence-corrected chi connectivity index (χ1v) is 11.0. The van der Waals surface area contributed by atoms with Crippen molar-refractivity contribution in [3.05, 3.63) is 30.1 Å². The van der Waals surface area contributed by atoms with Crippen molar-refractivity contribution in [2.75, 3.05) is 0 Å². The third kappa shape index (κ3) is 2.63. The van der Waals surface area contributed by atoms with Crippen LogP contribution in [0.1, 0.15) is 51.0 Å². The van der Waals surface area contributed by atoms with Crippen molar-refractivity contribution in [1.29, 1.82) is 0 Å². The van der Waals surface area contributed by atoms with Gasteiger partial charge in [-0.25, -0.2) is 0 Å². The Morgan fingerprint density at radius 3 is 2.40 bits per heavy atom. The molecule has 6 rings (SSSR count). The summed E-state index contributed by atoms with van der Waals surface area (Å²) in [5.74, 6) is 0.404. The maximum absolute atomic E-state index is 13.5. The lowest BCUT2D eigenvalue weighted by Gasteiger charge is -2.62. The molecule has 7 heteroatoms. The third-order valence-electron chi connectivity index (χ3n) is 8.67. The van der Waals surface area contributed by atoms with E-state index in [1.165, 1.54) is 6.42 Å². The quantitative estimate of drug-likeness (QED) is 0.717. The fourth-order valence-electron chi connectivity index (χ4n) is 7.62. The van der Waals surface area contributed by atoms with Crippen molar-refractivity contribution < 1.29 is 14.4 Å². The van der Waals surface area contributed by atoms with Crippen molar-refractivity contribution in [2.24, 2.45) is 46.0 Å². The second-order valence-corrected chi connectivity index (χ2v) is 10.4. The largest absolute Gasteiger partial charge is 0.369 e. The highest BCUT2D eigenvalue weighted by Gasteiger charge is 2.66. The second-order valence-electron chi connectivity index (χ2n) is 10.4. The van der Waals surface area contributed by atoms with Gasteiger partial charge in [-0.05, 0) is 80.8 Å². The van der Waals surface area contributed by atoms with Gasteiger partial charge in [0.25, 0.3) is 0 Å². The normalized spacial score (nSPS) is 42.0.